The Morgan fingerprint density at radius 2 is 1.80 bits per heavy atom. The molecule has 0 amide bonds. The molecule has 3 heteroatoms. The van der Waals surface area contributed by atoms with Crippen molar-refractivity contribution in [1.29, 1.82) is 0 Å². The van der Waals surface area contributed by atoms with Crippen LogP contribution in [0.3, 0.4) is 0 Å². The topological polar surface area (TPSA) is 15.3 Å². The molecule has 0 aliphatic rings. The van der Waals surface area contributed by atoms with Gasteiger partial charge in [0.1, 0.15) is 0 Å². The second-order valence-electron chi connectivity index (χ2n) is 6.34. The molecule has 2 rings (SSSR count). The molecular formula is C22H29ClN2. The van der Waals surface area contributed by atoms with E-state index in [0.717, 1.165) is 43.9 Å². The third-order valence-electron chi connectivity index (χ3n) is 4.32. The first kappa shape index (κ1) is 19.6. The average molecular weight is 357 g/mol. The summed E-state index contributed by atoms with van der Waals surface area (Å²) in [6, 6.07) is 19.1. The highest BCUT2D eigenvalue weighted by molar-refractivity contribution is 6.30. The van der Waals surface area contributed by atoms with Gasteiger partial charge in [-0.1, -0.05) is 54.9 Å². The van der Waals surface area contributed by atoms with Crippen molar-refractivity contribution >= 4 is 17.3 Å². The first-order chi connectivity index (χ1) is 12.2. The highest BCUT2D eigenvalue weighted by atomic mass is 35.5. The maximum atomic E-state index is 5.96. The van der Waals surface area contributed by atoms with Crippen LogP contribution in [0, 0.1) is 0 Å². The van der Waals surface area contributed by atoms with Gasteiger partial charge in [-0.25, -0.2) is 0 Å². The summed E-state index contributed by atoms with van der Waals surface area (Å²) >= 11 is 5.96. The van der Waals surface area contributed by atoms with Gasteiger partial charge in [-0.05, 0) is 49.1 Å². The molecule has 0 saturated heterocycles. The van der Waals surface area contributed by atoms with Crippen LogP contribution in [0.5, 0.6) is 0 Å². The third-order valence-corrected chi connectivity index (χ3v) is 4.57. The van der Waals surface area contributed by atoms with E-state index in [1.54, 1.807) is 0 Å². The van der Waals surface area contributed by atoms with E-state index in [0.29, 0.717) is 6.04 Å². The van der Waals surface area contributed by atoms with E-state index < -0.39 is 0 Å². The second kappa shape index (κ2) is 11.0. The number of nitrogens with one attached hydrogen (secondary N) is 1. The summed E-state index contributed by atoms with van der Waals surface area (Å²) in [5.74, 6) is 0. The molecule has 0 heterocycles. The lowest BCUT2D eigenvalue weighted by Crippen LogP contribution is -2.34. The van der Waals surface area contributed by atoms with Crippen molar-refractivity contribution in [3.63, 3.8) is 0 Å². The van der Waals surface area contributed by atoms with Crippen LogP contribution in [-0.4, -0.2) is 19.1 Å². The normalized spacial score (nSPS) is 11.9. The number of hydrogen-bond donors (Lipinski definition) is 1. The van der Waals surface area contributed by atoms with Crippen LogP contribution in [0.15, 0.2) is 67.3 Å². The molecule has 0 saturated carbocycles. The molecule has 0 radical (unpaired) electrons. The van der Waals surface area contributed by atoms with Crippen molar-refractivity contribution in [2.75, 3.05) is 18.0 Å². The molecule has 134 valence electrons. The zero-order chi connectivity index (χ0) is 17.9. The van der Waals surface area contributed by atoms with Gasteiger partial charge < -0.3 is 10.2 Å². The van der Waals surface area contributed by atoms with Gasteiger partial charge in [-0.15, -0.1) is 6.58 Å². The minimum absolute atomic E-state index is 0.427. The molecule has 1 atom stereocenters. The largest absolute Gasteiger partial charge is 0.371 e. The lowest BCUT2D eigenvalue weighted by Gasteiger charge is -2.27. The van der Waals surface area contributed by atoms with Crippen molar-refractivity contribution in [2.24, 2.45) is 0 Å². The van der Waals surface area contributed by atoms with E-state index >= 15 is 0 Å². The molecule has 1 unspecified atom stereocenters. The van der Waals surface area contributed by atoms with Gasteiger partial charge in [-0.2, -0.15) is 0 Å². The van der Waals surface area contributed by atoms with Gasteiger partial charge in [0, 0.05) is 36.4 Å². The first-order valence-corrected chi connectivity index (χ1v) is 9.49. The lowest BCUT2D eigenvalue weighted by molar-refractivity contribution is 0.480. The third kappa shape index (κ3) is 6.93. The predicted octanol–water partition coefficient (Wildman–Crippen LogP) is 5.68. The Morgan fingerprint density at radius 3 is 2.44 bits per heavy atom. The Hall–Kier alpha value is -1.77. The van der Waals surface area contributed by atoms with Crippen molar-refractivity contribution < 1.29 is 0 Å². The van der Waals surface area contributed by atoms with Gasteiger partial charge in [0.15, 0.2) is 0 Å². The fourth-order valence-electron chi connectivity index (χ4n) is 2.96. The highest BCUT2D eigenvalue weighted by Crippen LogP contribution is 2.16. The van der Waals surface area contributed by atoms with E-state index in [9.17, 15) is 0 Å². The molecule has 2 aromatic rings. The minimum atomic E-state index is 0.427. The van der Waals surface area contributed by atoms with E-state index in [2.05, 4.69) is 66.2 Å². The fourth-order valence-corrected chi connectivity index (χ4v) is 3.09. The first-order valence-electron chi connectivity index (χ1n) is 9.11. The molecule has 0 aliphatic carbocycles. The minimum Gasteiger partial charge on any atom is -0.371 e. The van der Waals surface area contributed by atoms with Gasteiger partial charge in [-0.3, -0.25) is 0 Å². The number of anilines is 1. The van der Waals surface area contributed by atoms with Crippen LogP contribution in [0.4, 0.5) is 5.69 Å². The zero-order valence-electron chi connectivity index (χ0n) is 15.1. The van der Waals surface area contributed by atoms with Crippen LogP contribution in [0.2, 0.25) is 5.02 Å². The monoisotopic (exact) mass is 356 g/mol. The van der Waals surface area contributed by atoms with Crippen LogP contribution in [-0.2, 0) is 6.54 Å². The number of hydrogen-bond acceptors (Lipinski definition) is 2. The predicted molar refractivity (Wildman–Crippen MR) is 110 cm³/mol. The van der Waals surface area contributed by atoms with Crippen molar-refractivity contribution in [3.05, 3.63) is 77.8 Å². The van der Waals surface area contributed by atoms with E-state index in [1.807, 2.05) is 18.2 Å². The quantitative estimate of drug-likeness (QED) is 0.521. The van der Waals surface area contributed by atoms with Gasteiger partial charge in [0.05, 0.1) is 0 Å². The zero-order valence-corrected chi connectivity index (χ0v) is 15.9. The lowest BCUT2D eigenvalue weighted by atomic mass is 10.1. The molecular weight excluding hydrogens is 328 g/mol. The van der Waals surface area contributed by atoms with Crippen LogP contribution in [0.1, 0.15) is 31.7 Å². The van der Waals surface area contributed by atoms with E-state index in [1.165, 1.54) is 11.3 Å². The molecule has 0 spiro atoms. The summed E-state index contributed by atoms with van der Waals surface area (Å²) in [5, 5.41) is 4.45. The number of halogens is 1. The SMILES string of the molecule is C=CCC(CCN(CCC)c1ccccc1)NCc1ccc(Cl)cc1. The summed E-state index contributed by atoms with van der Waals surface area (Å²) in [6.07, 6.45) is 5.22. The summed E-state index contributed by atoms with van der Waals surface area (Å²) in [5.41, 5.74) is 2.56. The summed E-state index contributed by atoms with van der Waals surface area (Å²) in [4.78, 5) is 2.47. The smallest absolute Gasteiger partial charge is 0.0406 e. The van der Waals surface area contributed by atoms with Crippen molar-refractivity contribution in [3.8, 4) is 0 Å². The average Bonchev–Trinajstić information content (AvgIpc) is 2.65. The van der Waals surface area contributed by atoms with Gasteiger partial charge in [0.2, 0.25) is 0 Å². The summed E-state index contributed by atoms with van der Waals surface area (Å²) < 4.78 is 0. The Kier molecular flexibility index (Phi) is 8.58. The molecule has 0 aromatic heterocycles. The number of benzene rings is 2. The molecule has 25 heavy (non-hydrogen) atoms. The molecule has 2 nitrogen and oxygen atoms in total. The molecule has 2 aromatic carbocycles. The molecule has 0 bridgehead atoms. The highest BCUT2D eigenvalue weighted by Gasteiger charge is 2.11. The Balaban J connectivity index is 1.90. The second-order valence-corrected chi connectivity index (χ2v) is 6.78. The Labute approximate surface area is 157 Å². The summed E-state index contributed by atoms with van der Waals surface area (Å²) in [7, 11) is 0. The van der Waals surface area contributed by atoms with Crippen LogP contribution < -0.4 is 10.2 Å². The van der Waals surface area contributed by atoms with Gasteiger partial charge >= 0.3 is 0 Å². The molecule has 0 aliphatic heterocycles. The maximum Gasteiger partial charge on any atom is 0.0406 e. The molecule has 1 N–H and O–H groups in total. The molecule has 0 fully saturated rings. The Morgan fingerprint density at radius 1 is 1.08 bits per heavy atom. The van der Waals surface area contributed by atoms with Crippen molar-refractivity contribution in [2.45, 2.75) is 38.8 Å². The number of rotatable bonds is 11. The summed E-state index contributed by atoms with van der Waals surface area (Å²) in [6.45, 7) is 9.14. The van der Waals surface area contributed by atoms with Crippen LogP contribution in [0.25, 0.3) is 0 Å². The van der Waals surface area contributed by atoms with Crippen molar-refractivity contribution in [1.82, 2.24) is 5.32 Å². The Bertz CT molecular complexity index is 610. The van der Waals surface area contributed by atoms with E-state index in [-0.39, 0.29) is 0 Å². The van der Waals surface area contributed by atoms with Gasteiger partial charge in [0.25, 0.3) is 0 Å². The van der Waals surface area contributed by atoms with Crippen LogP contribution >= 0.6 is 11.6 Å². The number of nitrogens with zero attached hydrogens (tertiary/aromatic N) is 1. The number of para-hydroxylation sites is 1. The van der Waals surface area contributed by atoms with E-state index in [4.69, 9.17) is 11.6 Å². The maximum absolute atomic E-state index is 5.96. The standard InChI is InChI=1S/C22H29ClN2/c1-3-8-21(24-18-19-11-13-20(23)14-12-19)15-17-25(16-4-2)22-9-6-5-7-10-22/h3,5-7,9-14,21,24H,1,4,8,15-18H2,2H3. The fraction of sp³-hybridized carbons (Fsp3) is 0.364.